The second-order valence-electron chi connectivity index (χ2n) is 11.8. The van der Waals surface area contributed by atoms with Crippen LogP contribution in [-0.2, 0) is 6.42 Å². The number of ether oxygens (including phenoxy) is 2. The lowest BCUT2D eigenvalue weighted by atomic mass is 9.98. The van der Waals surface area contributed by atoms with Gasteiger partial charge in [0.05, 0.1) is 16.2 Å². The fraction of sp³-hybridized carbons (Fsp3) is 0.297. The molecule has 0 saturated heterocycles. The quantitative estimate of drug-likeness (QED) is 0.0741. The van der Waals surface area contributed by atoms with Gasteiger partial charge in [0, 0.05) is 11.1 Å². The zero-order valence-corrected chi connectivity index (χ0v) is 29.6. The fourth-order valence-electron chi connectivity index (χ4n) is 5.85. The van der Waals surface area contributed by atoms with E-state index >= 15 is 0 Å². The van der Waals surface area contributed by atoms with Crippen molar-refractivity contribution in [2.75, 3.05) is 19.8 Å². The van der Waals surface area contributed by atoms with Gasteiger partial charge in [-0.05, 0) is 111 Å². The maximum atomic E-state index is 13.7. The molecule has 4 aromatic rings. The topological polar surface area (TPSA) is 111 Å². The van der Waals surface area contributed by atoms with Crippen LogP contribution in [0.15, 0.2) is 72.8 Å². The molecule has 0 fully saturated rings. The number of hydrogen-bond acceptors (Lipinski definition) is 6. The van der Waals surface area contributed by atoms with Crippen molar-refractivity contribution >= 4 is 34.4 Å². The Morgan fingerprint density at radius 2 is 1.22 bits per heavy atom. The highest BCUT2D eigenvalue weighted by Gasteiger charge is 2.26. The second-order valence-corrected chi connectivity index (χ2v) is 12.9. The molecule has 2 amide bonds. The van der Waals surface area contributed by atoms with Crippen LogP contribution in [0.25, 0.3) is 0 Å². The first-order valence-corrected chi connectivity index (χ1v) is 16.3. The van der Waals surface area contributed by atoms with Crippen LogP contribution in [0.3, 0.4) is 0 Å². The van der Waals surface area contributed by atoms with Crippen LogP contribution >= 0.6 is 22.6 Å². The predicted molar refractivity (Wildman–Crippen MR) is 191 cm³/mol. The highest BCUT2D eigenvalue weighted by Crippen LogP contribution is 2.31. The molecule has 0 aliphatic rings. The lowest BCUT2D eigenvalue weighted by molar-refractivity contribution is 0.0609. The van der Waals surface area contributed by atoms with E-state index in [1.807, 2.05) is 114 Å². The van der Waals surface area contributed by atoms with E-state index in [1.54, 1.807) is 0 Å². The van der Waals surface area contributed by atoms with Crippen molar-refractivity contribution in [2.45, 2.75) is 54.0 Å². The van der Waals surface area contributed by atoms with Gasteiger partial charge in [0.15, 0.2) is 0 Å². The van der Waals surface area contributed by atoms with Gasteiger partial charge in [0.1, 0.15) is 24.7 Å². The van der Waals surface area contributed by atoms with E-state index in [-0.39, 0.29) is 31.6 Å². The molecular weight excluding hydrogens is 691 g/mol. The SMILES string of the molecule is Cc1cc(C)c(C(=O)N(N)CCOc2cccc(OC[C@H](Cc3ccccc3)N(N)C(=O)c3c(C)cc(C)cc3C)c2I)c(C)c1. The first kappa shape index (κ1) is 34.9. The highest BCUT2D eigenvalue weighted by molar-refractivity contribution is 14.1. The Hall–Kier alpha value is -3.93. The fourth-order valence-corrected chi connectivity index (χ4v) is 6.52. The summed E-state index contributed by atoms with van der Waals surface area (Å²) in [6.45, 7) is 12.3. The summed E-state index contributed by atoms with van der Waals surface area (Å²) in [6.07, 6.45) is 0.514. The van der Waals surface area contributed by atoms with Gasteiger partial charge in [-0.3, -0.25) is 19.6 Å². The minimum atomic E-state index is -0.444. The van der Waals surface area contributed by atoms with E-state index in [2.05, 4.69) is 22.6 Å². The second kappa shape index (κ2) is 15.6. The average molecular weight is 735 g/mol. The first-order valence-electron chi connectivity index (χ1n) is 15.3. The molecule has 4 rings (SSSR count). The van der Waals surface area contributed by atoms with Gasteiger partial charge < -0.3 is 9.47 Å². The third kappa shape index (κ3) is 8.45. The van der Waals surface area contributed by atoms with Crippen molar-refractivity contribution in [2.24, 2.45) is 11.7 Å². The Morgan fingerprint density at radius 1 is 0.717 bits per heavy atom. The van der Waals surface area contributed by atoms with E-state index in [9.17, 15) is 9.59 Å². The van der Waals surface area contributed by atoms with Crippen LogP contribution in [-0.4, -0.2) is 47.6 Å². The van der Waals surface area contributed by atoms with E-state index < -0.39 is 6.04 Å². The Bertz CT molecular complexity index is 1660. The number of hydrazine groups is 2. The molecule has 0 heterocycles. The minimum absolute atomic E-state index is 0.168. The molecular formula is C37H43IN4O4. The van der Waals surface area contributed by atoms with Gasteiger partial charge in [-0.15, -0.1) is 0 Å². The molecule has 4 N–H and O–H groups in total. The average Bonchev–Trinajstić information content (AvgIpc) is 2.99. The van der Waals surface area contributed by atoms with E-state index in [0.717, 1.165) is 42.5 Å². The molecule has 9 heteroatoms. The number of nitrogens with zero attached hydrogens (tertiary/aromatic N) is 2. The van der Waals surface area contributed by atoms with Gasteiger partial charge >= 0.3 is 0 Å². The number of carbonyl (C=O) groups is 2. The third-order valence-electron chi connectivity index (χ3n) is 7.93. The van der Waals surface area contributed by atoms with Gasteiger partial charge in [-0.2, -0.15) is 0 Å². The Balaban J connectivity index is 1.45. The number of amides is 2. The molecule has 46 heavy (non-hydrogen) atoms. The molecule has 4 aromatic carbocycles. The normalized spacial score (nSPS) is 11.6. The number of halogens is 1. The number of benzene rings is 4. The summed E-state index contributed by atoms with van der Waals surface area (Å²) in [7, 11) is 0. The number of nitrogens with two attached hydrogens (primary N) is 2. The van der Waals surface area contributed by atoms with Crippen molar-refractivity contribution in [3.63, 3.8) is 0 Å². The number of hydrogen-bond donors (Lipinski definition) is 2. The molecule has 8 nitrogen and oxygen atoms in total. The lowest BCUT2D eigenvalue weighted by Gasteiger charge is -2.29. The smallest absolute Gasteiger partial charge is 0.268 e. The molecule has 0 bridgehead atoms. The summed E-state index contributed by atoms with van der Waals surface area (Å²) in [5.74, 6) is 13.4. The van der Waals surface area contributed by atoms with Crippen molar-refractivity contribution in [1.82, 2.24) is 10.0 Å². The van der Waals surface area contributed by atoms with Gasteiger partial charge in [0.2, 0.25) is 0 Å². The van der Waals surface area contributed by atoms with Crippen molar-refractivity contribution in [3.8, 4) is 11.5 Å². The molecule has 0 unspecified atom stereocenters. The maximum absolute atomic E-state index is 13.7. The van der Waals surface area contributed by atoms with Gasteiger partial charge in [0.25, 0.3) is 11.8 Å². The highest BCUT2D eigenvalue weighted by atomic mass is 127. The number of rotatable bonds is 12. The third-order valence-corrected chi connectivity index (χ3v) is 9.00. The zero-order chi connectivity index (χ0) is 33.5. The molecule has 0 aromatic heterocycles. The van der Waals surface area contributed by atoms with Gasteiger partial charge in [-0.1, -0.05) is 71.8 Å². The van der Waals surface area contributed by atoms with Crippen LogP contribution in [0, 0.1) is 45.1 Å². The summed E-state index contributed by atoms with van der Waals surface area (Å²) in [6, 6.07) is 23.0. The summed E-state index contributed by atoms with van der Waals surface area (Å²) < 4.78 is 13.1. The minimum Gasteiger partial charge on any atom is -0.490 e. The standard InChI is InChI=1S/C37H43IN4O4/c1-23-17-25(3)33(26(4)18-23)36(43)41(39)15-16-45-31-13-10-14-32(35(31)38)46-22-30(21-29-11-8-7-9-12-29)42(40)37(44)34-27(5)19-24(2)20-28(34)6/h7-14,17-20,30H,15-16,21-22,39-40H2,1-6H3/t30-/m0/s1. The van der Waals surface area contributed by atoms with Crippen LogP contribution in [0.5, 0.6) is 11.5 Å². The van der Waals surface area contributed by atoms with E-state index in [1.165, 1.54) is 10.0 Å². The Morgan fingerprint density at radius 3 is 1.76 bits per heavy atom. The predicted octanol–water partition coefficient (Wildman–Crippen LogP) is 6.54. The largest absolute Gasteiger partial charge is 0.490 e. The molecule has 242 valence electrons. The van der Waals surface area contributed by atoms with Crippen molar-refractivity contribution < 1.29 is 19.1 Å². The summed E-state index contributed by atoms with van der Waals surface area (Å²) in [5, 5.41) is 2.49. The van der Waals surface area contributed by atoms with Crippen LogP contribution in [0.1, 0.15) is 59.7 Å². The van der Waals surface area contributed by atoms with Crippen LogP contribution in [0.2, 0.25) is 0 Å². The number of aryl methyl sites for hydroxylation is 6. The molecule has 0 aliphatic carbocycles. The molecule has 0 saturated carbocycles. The molecule has 0 radical (unpaired) electrons. The van der Waals surface area contributed by atoms with Crippen LogP contribution < -0.4 is 21.2 Å². The van der Waals surface area contributed by atoms with Gasteiger partial charge in [-0.25, -0.2) is 11.7 Å². The molecule has 0 aliphatic heterocycles. The first-order chi connectivity index (χ1) is 21.9. The molecule has 1 atom stereocenters. The van der Waals surface area contributed by atoms with E-state index in [4.69, 9.17) is 21.2 Å². The Labute approximate surface area is 285 Å². The zero-order valence-electron chi connectivity index (χ0n) is 27.4. The Kier molecular flexibility index (Phi) is 11.8. The molecule has 0 spiro atoms. The van der Waals surface area contributed by atoms with E-state index in [0.29, 0.717) is 29.0 Å². The summed E-state index contributed by atoms with van der Waals surface area (Å²) >= 11 is 2.18. The van der Waals surface area contributed by atoms with Crippen LogP contribution in [0.4, 0.5) is 0 Å². The summed E-state index contributed by atoms with van der Waals surface area (Å²) in [4.78, 5) is 26.8. The lowest BCUT2D eigenvalue weighted by Crippen LogP contribution is -2.50. The van der Waals surface area contributed by atoms with Crippen molar-refractivity contribution in [1.29, 1.82) is 0 Å². The monoisotopic (exact) mass is 734 g/mol. The van der Waals surface area contributed by atoms with Crippen molar-refractivity contribution in [3.05, 3.63) is 126 Å². The maximum Gasteiger partial charge on any atom is 0.268 e. The summed E-state index contributed by atoms with van der Waals surface area (Å²) in [5.41, 5.74) is 8.02. The number of carbonyl (C=O) groups excluding carboxylic acids is 2.